The van der Waals surface area contributed by atoms with Crippen molar-refractivity contribution in [2.45, 2.75) is 26.2 Å². The highest BCUT2D eigenvalue weighted by Gasteiger charge is 2.24. The largest absolute Gasteiger partial charge is 0.337 e. The summed E-state index contributed by atoms with van der Waals surface area (Å²) in [4.78, 5) is 24.8. The summed E-state index contributed by atoms with van der Waals surface area (Å²) in [5.74, 6) is -0.126. The van der Waals surface area contributed by atoms with Crippen molar-refractivity contribution in [2.24, 2.45) is 0 Å². The summed E-state index contributed by atoms with van der Waals surface area (Å²) in [5, 5.41) is 18.9. The molecular weight excluding hydrogens is 298 g/mol. The van der Waals surface area contributed by atoms with Crippen LogP contribution in [0.4, 0.5) is 5.69 Å². The molecule has 2 heterocycles. The van der Waals surface area contributed by atoms with Crippen molar-refractivity contribution in [1.82, 2.24) is 19.9 Å². The van der Waals surface area contributed by atoms with Gasteiger partial charge in [0.2, 0.25) is 0 Å². The number of carbonyl (C=O) groups is 1. The second kappa shape index (κ2) is 6.15. The fraction of sp³-hybridized carbons (Fsp3) is 0.400. The van der Waals surface area contributed by atoms with Crippen LogP contribution in [-0.4, -0.2) is 43.8 Å². The molecule has 1 aromatic carbocycles. The Morgan fingerprint density at radius 1 is 1.26 bits per heavy atom. The highest BCUT2D eigenvalue weighted by Crippen LogP contribution is 2.20. The second-order valence-corrected chi connectivity index (χ2v) is 5.57. The van der Waals surface area contributed by atoms with E-state index in [0.29, 0.717) is 17.1 Å². The number of hydrogen-bond donors (Lipinski definition) is 0. The van der Waals surface area contributed by atoms with Gasteiger partial charge in [0.25, 0.3) is 11.6 Å². The number of nitro groups is 1. The van der Waals surface area contributed by atoms with Gasteiger partial charge in [0.15, 0.2) is 5.69 Å². The quantitative estimate of drug-likeness (QED) is 0.638. The van der Waals surface area contributed by atoms with Crippen LogP contribution < -0.4 is 0 Å². The summed E-state index contributed by atoms with van der Waals surface area (Å²) in [6.45, 7) is 3.22. The third-order valence-corrected chi connectivity index (χ3v) is 4.03. The standard InChI is InChI=1S/C15H17N5O3/c1-11-14(15(21)18-8-3-2-4-9-18)16-17-19(11)12-6-5-7-13(10-12)20(22)23/h5-7,10H,2-4,8-9H2,1H3. The van der Waals surface area contributed by atoms with Gasteiger partial charge in [-0.05, 0) is 32.3 Å². The first-order chi connectivity index (χ1) is 11.1. The number of likely N-dealkylation sites (tertiary alicyclic amines) is 1. The fourth-order valence-electron chi connectivity index (χ4n) is 2.76. The van der Waals surface area contributed by atoms with Gasteiger partial charge in [-0.3, -0.25) is 14.9 Å². The van der Waals surface area contributed by atoms with Crippen molar-refractivity contribution in [3.8, 4) is 5.69 Å². The molecule has 0 N–H and O–H groups in total. The van der Waals surface area contributed by atoms with Crippen LogP contribution >= 0.6 is 0 Å². The van der Waals surface area contributed by atoms with Gasteiger partial charge in [0.05, 0.1) is 16.3 Å². The molecule has 0 atom stereocenters. The first-order valence-corrected chi connectivity index (χ1v) is 7.54. The predicted octanol–water partition coefficient (Wildman–Crippen LogP) is 2.11. The Morgan fingerprint density at radius 2 is 2.00 bits per heavy atom. The Balaban J connectivity index is 1.91. The van der Waals surface area contributed by atoms with E-state index in [1.807, 2.05) is 0 Å². The van der Waals surface area contributed by atoms with E-state index in [0.717, 1.165) is 32.4 Å². The van der Waals surface area contributed by atoms with E-state index in [4.69, 9.17) is 0 Å². The topological polar surface area (TPSA) is 94.2 Å². The Hall–Kier alpha value is -2.77. The van der Waals surface area contributed by atoms with E-state index in [1.54, 1.807) is 24.0 Å². The van der Waals surface area contributed by atoms with E-state index in [1.165, 1.54) is 16.8 Å². The second-order valence-electron chi connectivity index (χ2n) is 5.57. The van der Waals surface area contributed by atoms with Gasteiger partial charge in [-0.1, -0.05) is 11.3 Å². The molecule has 0 aliphatic carbocycles. The highest BCUT2D eigenvalue weighted by molar-refractivity contribution is 5.93. The molecule has 0 unspecified atom stereocenters. The van der Waals surface area contributed by atoms with Crippen LogP contribution in [0.1, 0.15) is 35.4 Å². The number of benzene rings is 1. The molecule has 1 aliphatic heterocycles. The predicted molar refractivity (Wildman–Crippen MR) is 82.5 cm³/mol. The van der Waals surface area contributed by atoms with Gasteiger partial charge >= 0.3 is 0 Å². The fourth-order valence-corrected chi connectivity index (χ4v) is 2.76. The van der Waals surface area contributed by atoms with Gasteiger partial charge in [-0.25, -0.2) is 4.68 Å². The van der Waals surface area contributed by atoms with Gasteiger partial charge in [0, 0.05) is 25.2 Å². The lowest BCUT2D eigenvalue weighted by atomic mass is 10.1. The molecule has 3 rings (SSSR count). The number of nitrogens with zero attached hydrogens (tertiary/aromatic N) is 5. The van der Waals surface area contributed by atoms with E-state index in [-0.39, 0.29) is 11.6 Å². The zero-order valence-electron chi connectivity index (χ0n) is 12.8. The molecule has 120 valence electrons. The lowest BCUT2D eigenvalue weighted by Crippen LogP contribution is -2.36. The molecule has 1 amide bonds. The molecule has 0 bridgehead atoms. The van der Waals surface area contributed by atoms with Crippen LogP contribution in [0.15, 0.2) is 24.3 Å². The summed E-state index contributed by atoms with van der Waals surface area (Å²) in [7, 11) is 0. The van der Waals surface area contributed by atoms with E-state index >= 15 is 0 Å². The smallest absolute Gasteiger partial charge is 0.276 e. The minimum Gasteiger partial charge on any atom is -0.337 e. The van der Waals surface area contributed by atoms with Crippen LogP contribution in [0.25, 0.3) is 5.69 Å². The molecule has 1 fully saturated rings. The number of rotatable bonds is 3. The zero-order valence-corrected chi connectivity index (χ0v) is 12.8. The van der Waals surface area contributed by atoms with Crippen LogP contribution in [0, 0.1) is 17.0 Å². The Morgan fingerprint density at radius 3 is 2.70 bits per heavy atom. The molecule has 0 spiro atoms. The minimum atomic E-state index is -0.463. The molecule has 1 saturated heterocycles. The average Bonchev–Trinajstić information content (AvgIpc) is 2.96. The lowest BCUT2D eigenvalue weighted by molar-refractivity contribution is -0.384. The number of piperidine rings is 1. The molecule has 1 aliphatic rings. The normalized spacial score (nSPS) is 14.7. The summed E-state index contributed by atoms with van der Waals surface area (Å²) >= 11 is 0. The Bertz CT molecular complexity index is 749. The third-order valence-electron chi connectivity index (χ3n) is 4.03. The van der Waals surface area contributed by atoms with Crippen LogP contribution in [0.3, 0.4) is 0 Å². The monoisotopic (exact) mass is 315 g/mol. The number of hydrogen-bond acceptors (Lipinski definition) is 5. The Kier molecular flexibility index (Phi) is 4.05. The number of carbonyl (C=O) groups excluding carboxylic acids is 1. The lowest BCUT2D eigenvalue weighted by Gasteiger charge is -2.25. The maximum Gasteiger partial charge on any atom is 0.276 e. The number of amides is 1. The average molecular weight is 315 g/mol. The SMILES string of the molecule is Cc1c(C(=O)N2CCCCC2)nnn1-c1cccc([N+](=O)[O-])c1. The molecule has 8 heteroatoms. The number of non-ortho nitro benzene ring substituents is 1. The maximum absolute atomic E-state index is 12.5. The summed E-state index contributed by atoms with van der Waals surface area (Å²) in [5.41, 5.74) is 1.38. The highest BCUT2D eigenvalue weighted by atomic mass is 16.6. The summed E-state index contributed by atoms with van der Waals surface area (Å²) in [6.07, 6.45) is 3.15. The molecule has 23 heavy (non-hydrogen) atoms. The van der Waals surface area contributed by atoms with Crippen molar-refractivity contribution in [2.75, 3.05) is 13.1 Å². The van der Waals surface area contributed by atoms with E-state index < -0.39 is 4.92 Å². The molecule has 8 nitrogen and oxygen atoms in total. The first-order valence-electron chi connectivity index (χ1n) is 7.54. The van der Waals surface area contributed by atoms with Crippen molar-refractivity contribution >= 4 is 11.6 Å². The van der Waals surface area contributed by atoms with Gasteiger partial charge in [0.1, 0.15) is 0 Å². The number of nitro benzene ring substituents is 1. The van der Waals surface area contributed by atoms with Gasteiger partial charge < -0.3 is 4.90 Å². The maximum atomic E-state index is 12.5. The van der Waals surface area contributed by atoms with Gasteiger partial charge in [-0.2, -0.15) is 0 Å². The van der Waals surface area contributed by atoms with Crippen molar-refractivity contribution in [3.05, 3.63) is 45.8 Å². The molecule has 0 radical (unpaired) electrons. The third kappa shape index (κ3) is 2.92. The molecule has 0 saturated carbocycles. The van der Waals surface area contributed by atoms with E-state index in [2.05, 4.69) is 10.3 Å². The van der Waals surface area contributed by atoms with E-state index in [9.17, 15) is 14.9 Å². The van der Waals surface area contributed by atoms with Crippen molar-refractivity contribution in [1.29, 1.82) is 0 Å². The minimum absolute atomic E-state index is 0.0266. The van der Waals surface area contributed by atoms with Gasteiger partial charge in [-0.15, -0.1) is 5.10 Å². The molecule has 2 aromatic rings. The first kappa shape index (κ1) is 15.1. The Labute approximate surface area is 132 Å². The summed E-state index contributed by atoms with van der Waals surface area (Å²) < 4.78 is 1.46. The van der Waals surface area contributed by atoms with Crippen molar-refractivity contribution in [3.63, 3.8) is 0 Å². The van der Waals surface area contributed by atoms with Crippen LogP contribution in [0.2, 0.25) is 0 Å². The van der Waals surface area contributed by atoms with Crippen molar-refractivity contribution < 1.29 is 9.72 Å². The molecule has 1 aromatic heterocycles. The van der Waals surface area contributed by atoms with Crippen LogP contribution in [-0.2, 0) is 0 Å². The zero-order chi connectivity index (χ0) is 16.4. The summed E-state index contributed by atoms with van der Waals surface area (Å²) in [6, 6.07) is 6.11. The number of aromatic nitrogens is 3. The van der Waals surface area contributed by atoms with Crippen LogP contribution in [0.5, 0.6) is 0 Å². The molecular formula is C15H17N5O3.